The molecule has 1 aromatic heterocycles. The zero-order valence-corrected chi connectivity index (χ0v) is 11.6. The fourth-order valence-electron chi connectivity index (χ4n) is 2.30. The van der Waals surface area contributed by atoms with Gasteiger partial charge in [-0.1, -0.05) is 40.9 Å². The Labute approximate surface area is 113 Å². The normalized spacial score (nSPS) is 12.4. The van der Waals surface area contributed by atoms with E-state index in [1.54, 1.807) is 12.4 Å². The molecule has 2 nitrogen and oxygen atoms in total. The van der Waals surface area contributed by atoms with Crippen LogP contribution >= 0.6 is 11.6 Å². The minimum Gasteiger partial charge on any atom is -0.309 e. The first-order valence-corrected chi connectivity index (χ1v) is 6.34. The van der Waals surface area contributed by atoms with Gasteiger partial charge in [-0.25, -0.2) is 0 Å². The molecular weight excluding hydrogens is 244 g/mol. The Hall–Kier alpha value is -1.38. The molecule has 0 bridgehead atoms. The zero-order chi connectivity index (χ0) is 13.1. The van der Waals surface area contributed by atoms with Gasteiger partial charge in [0.1, 0.15) is 0 Å². The Morgan fingerprint density at radius 2 is 1.83 bits per heavy atom. The van der Waals surface area contributed by atoms with Gasteiger partial charge >= 0.3 is 0 Å². The molecule has 1 heterocycles. The van der Waals surface area contributed by atoms with Crippen molar-refractivity contribution in [2.24, 2.45) is 0 Å². The van der Waals surface area contributed by atoms with Gasteiger partial charge in [-0.2, -0.15) is 0 Å². The summed E-state index contributed by atoms with van der Waals surface area (Å²) in [6.45, 7) is 4.22. The van der Waals surface area contributed by atoms with Gasteiger partial charge in [0.15, 0.2) is 0 Å². The molecule has 18 heavy (non-hydrogen) atoms. The van der Waals surface area contributed by atoms with Crippen molar-refractivity contribution in [2.45, 2.75) is 19.9 Å². The number of halogens is 1. The van der Waals surface area contributed by atoms with Crippen molar-refractivity contribution in [1.29, 1.82) is 0 Å². The van der Waals surface area contributed by atoms with E-state index in [0.29, 0.717) is 5.02 Å². The lowest BCUT2D eigenvalue weighted by molar-refractivity contribution is 0.689. The quantitative estimate of drug-likeness (QED) is 0.911. The number of benzene rings is 1. The van der Waals surface area contributed by atoms with E-state index < -0.39 is 0 Å². The van der Waals surface area contributed by atoms with Crippen molar-refractivity contribution in [2.75, 3.05) is 7.05 Å². The average molecular weight is 261 g/mol. The molecule has 3 heteroatoms. The van der Waals surface area contributed by atoms with E-state index in [2.05, 4.69) is 42.3 Å². The molecule has 0 saturated carbocycles. The van der Waals surface area contributed by atoms with Crippen LogP contribution in [-0.2, 0) is 0 Å². The van der Waals surface area contributed by atoms with Crippen LogP contribution < -0.4 is 5.32 Å². The predicted molar refractivity (Wildman–Crippen MR) is 76.1 cm³/mol. The standard InChI is InChI=1S/C15H17ClN2/c1-10-6-11(2)8-12(7-10)15(17-3)13-4-5-18-9-14(13)16/h4-9,15,17H,1-3H3. The van der Waals surface area contributed by atoms with Gasteiger partial charge in [-0.05, 0) is 38.1 Å². The maximum Gasteiger partial charge on any atom is 0.0640 e. The summed E-state index contributed by atoms with van der Waals surface area (Å²) in [5.41, 5.74) is 4.80. The molecule has 0 aliphatic rings. The summed E-state index contributed by atoms with van der Waals surface area (Å²) in [4.78, 5) is 4.03. The molecule has 1 N–H and O–H groups in total. The van der Waals surface area contributed by atoms with Crippen molar-refractivity contribution in [3.05, 3.63) is 63.9 Å². The van der Waals surface area contributed by atoms with Gasteiger partial charge in [-0.15, -0.1) is 0 Å². The SMILES string of the molecule is CNC(c1cc(C)cc(C)c1)c1ccncc1Cl. The van der Waals surface area contributed by atoms with E-state index >= 15 is 0 Å². The van der Waals surface area contributed by atoms with E-state index in [0.717, 1.165) is 5.56 Å². The van der Waals surface area contributed by atoms with Crippen molar-refractivity contribution in [3.63, 3.8) is 0 Å². The van der Waals surface area contributed by atoms with E-state index in [1.807, 2.05) is 13.1 Å². The second-order valence-corrected chi connectivity index (χ2v) is 4.95. The second kappa shape index (κ2) is 5.51. The molecule has 0 aliphatic heterocycles. The summed E-state index contributed by atoms with van der Waals surface area (Å²) in [5.74, 6) is 0. The van der Waals surface area contributed by atoms with Crippen LogP contribution in [0.3, 0.4) is 0 Å². The molecule has 94 valence electrons. The van der Waals surface area contributed by atoms with E-state index in [1.165, 1.54) is 16.7 Å². The van der Waals surface area contributed by atoms with Crippen molar-refractivity contribution < 1.29 is 0 Å². The number of hydrogen-bond acceptors (Lipinski definition) is 2. The number of hydrogen-bond donors (Lipinski definition) is 1. The van der Waals surface area contributed by atoms with Crippen LogP contribution in [-0.4, -0.2) is 12.0 Å². The molecule has 2 aromatic rings. The van der Waals surface area contributed by atoms with Crippen LogP contribution in [0, 0.1) is 13.8 Å². The lowest BCUT2D eigenvalue weighted by atomic mass is 9.96. The van der Waals surface area contributed by atoms with Crippen LogP contribution in [0.2, 0.25) is 5.02 Å². The van der Waals surface area contributed by atoms with E-state index in [9.17, 15) is 0 Å². The van der Waals surface area contributed by atoms with Crippen molar-refractivity contribution in [1.82, 2.24) is 10.3 Å². The first-order chi connectivity index (χ1) is 8.61. The molecule has 0 radical (unpaired) electrons. The molecule has 0 fully saturated rings. The predicted octanol–water partition coefficient (Wildman–Crippen LogP) is 3.66. The van der Waals surface area contributed by atoms with Crippen LogP contribution in [0.1, 0.15) is 28.3 Å². The van der Waals surface area contributed by atoms with E-state index in [-0.39, 0.29) is 6.04 Å². The Kier molecular flexibility index (Phi) is 4.00. The molecular formula is C15H17ClN2. The lowest BCUT2D eigenvalue weighted by Crippen LogP contribution is -2.18. The number of aromatic nitrogens is 1. The third kappa shape index (κ3) is 2.71. The lowest BCUT2D eigenvalue weighted by Gasteiger charge is -2.19. The number of nitrogens with zero attached hydrogens (tertiary/aromatic N) is 1. The van der Waals surface area contributed by atoms with Crippen molar-refractivity contribution in [3.8, 4) is 0 Å². The second-order valence-electron chi connectivity index (χ2n) is 4.54. The summed E-state index contributed by atoms with van der Waals surface area (Å²) in [6.07, 6.45) is 3.46. The van der Waals surface area contributed by atoms with Gasteiger partial charge in [0.25, 0.3) is 0 Å². The van der Waals surface area contributed by atoms with Gasteiger partial charge < -0.3 is 5.32 Å². The molecule has 0 spiro atoms. The van der Waals surface area contributed by atoms with Crippen LogP contribution in [0.25, 0.3) is 0 Å². The highest BCUT2D eigenvalue weighted by atomic mass is 35.5. The molecule has 0 amide bonds. The average Bonchev–Trinajstić information content (AvgIpc) is 2.31. The summed E-state index contributed by atoms with van der Waals surface area (Å²) in [6, 6.07) is 8.60. The first kappa shape index (κ1) is 13.1. The number of aryl methyl sites for hydroxylation is 2. The van der Waals surface area contributed by atoms with Crippen LogP contribution in [0.15, 0.2) is 36.7 Å². The van der Waals surface area contributed by atoms with Gasteiger partial charge in [0.05, 0.1) is 11.1 Å². The fourth-order valence-corrected chi connectivity index (χ4v) is 2.53. The summed E-state index contributed by atoms with van der Waals surface area (Å²) in [5, 5.41) is 4.01. The molecule has 0 aliphatic carbocycles. The molecule has 2 rings (SSSR count). The number of pyridine rings is 1. The summed E-state index contributed by atoms with van der Waals surface area (Å²) < 4.78 is 0. The first-order valence-electron chi connectivity index (χ1n) is 5.96. The van der Waals surface area contributed by atoms with Crippen molar-refractivity contribution >= 4 is 11.6 Å². The zero-order valence-electron chi connectivity index (χ0n) is 10.9. The summed E-state index contributed by atoms with van der Waals surface area (Å²) >= 11 is 6.22. The fraction of sp³-hybridized carbons (Fsp3) is 0.267. The molecule has 0 saturated heterocycles. The highest BCUT2D eigenvalue weighted by molar-refractivity contribution is 6.31. The van der Waals surface area contributed by atoms with Gasteiger partial charge in [0.2, 0.25) is 0 Å². The Bertz CT molecular complexity index is 532. The molecule has 1 unspecified atom stereocenters. The molecule has 1 aromatic carbocycles. The minimum absolute atomic E-state index is 0.0964. The maximum atomic E-state index is 6.22. The van der Waals surface area contributed by atoms with Crippen LogP contribution in [0.4, 0.5) is 0 Å². The topological polar surface area (TPSA) is 24.9 Å². The van der Waals surface area contributed by atoms with Crippen LogP contribution in [0.5, 0.6) is 0 Å². The number of nitrogens with one attached hydrogen (secondary N) is 1. The smallest absolute Gasteiger partial charge is 0.0640 e. The third-order valence-corrected chi connectivity index (χ3v) is 3.30. The maximum absolute atomic E-state index is 6.22. The molecule has 1 atom stereocenters. The van der Waals surface area contributed by atoms with E-state index in [4.69, 9.17) is 11.6 Å². The highest BCUT2D eigenvalue weighted by Crippen LogP contribution is 2.28. The third-order valence-electron chi connectivity index (χ3n) is 2.98. The van der Waals surface area contributed by atoms with Gasteiger partial charge in [-0.3, -0.25) is 4.98 Å². The highest BCUT2D eigenvalue weighted by Gasteiger charge is 2.15. The summed E-state index contributed by atoms with van der Waals surface area (Å²) in [7, 11) is 1.94. The Morgan fingerprint density at radius 3 is 2.39 bits per heavy atom. The Balaban J connectivity index is 2.48. The Morgan fingerprint density at radius 1 is 1.17 bits per heavy atom. The monoisotopic (exact) mass is 260 g/mol. The van der Waals surface area contributed by atoms with Gasteiger partial charge in [0, 0.05) is 12.4 Å². The number of rotatable bonds is 3. The largest absolute Gasteiger partial charge is 0.309 e. The minimum atomic E-state index is 0.0964.